The molecule has 1 saturated carbocycles. The number of nitrogens with one attached hydrogen (secondary N) is 1. The summed E-state index contributed by atoms with van der Waals surface area (Å²) >= 11 is 0. The van der Waals surface area contributed by atoms with E-state index in [0.717, 1.165) is 19.7 Å². The van der Waals surface area contributed by atoms with Gasteiger partial charge in [-0.25, -0.2) is 0 Å². The summed E-state index contributed by atoms with van der Waals surface area (Å²) in [6, 6.07) is 1.88. The molecule has 0 spiro atoms. The Bertz CT molecular complexity index is 292. The van der Waals surface area contributed by atoms with Crippen molar-refractivity contribution in [1.82, 2.24) is 10.2 Å². The lowest BCUT2D eigenvalue weighted by Crippen LogP contribution is -2.61. The van der Waals surface area contributed by atoms with Crippen molar-refractivity contribution in [2.24, 2.45) is 5.41 Å². The number of rotatable bonds is 3. The molecule has 3 nitrogen and oxygen atoms in total. The summed E-state index contributed by atoms with van der Waals surface area (Å²) < 4.78 is 5.80. The zero-order valence-electron chi connectivity index (χ0n) is 13.4. The number of hydrogen-bond acceptors (Lipinski definition) is 3. The molecule has 1 heterocycles. The maximum absolute atomic E-state index is 5.80. The van der Waals surface area contributed by atoms with Gasteiger partial charge in [-0.3, -0.25) is 4.90 Å². The zero-order valence-corrected chi connectivity index (χ0v) is 13.4. The summed E-state index contributed by atoms with van der Waals surface area (Å²) in [4.78, 5) is 2.71. The summed E-state index contributed by atoms with van der Waals surface area (Å²) in [6.07, 6.45) is 4.34. The molecule has 0 aromatic carbocycles. The summed E-state index contributed by atoms with van der Waals surface area (Å²) in [5.74, 6) is 0. The molecule has 1 N–H and O–H groups in total. The highest BCUT2D eigenvalue weighted by Crippen LogP contribution is 2.38. The van der Waals surface area contributed by atoms with Crippen molar-refractivity contribution in [3.8, 4) is 0 Å². The first-order chi connectivity index (χ1) is 8.93. The molecule has 4 unspecified atom stereocenters. The van der Waals surface area contributed by atoms with Crippen LogP contribution in [0.15, 0.2) is 0 Å². The molecule has 1 saturated heterocycles. The minimum Gasteiger partial charge on any atom is -0.376 e. The van der Waals surface area contributed by atoms with Gasteiger partial charge >= 0.3 is 0 Å². The fraction of sp³-hybridized carbons (Fsp3) is 1.00. The van der Waals surface area contributed by atoms with Crippen LogP contribution in [0.5, 0.6) is 0 Å². The lowest BCUT2D eigenvalue weighted by molar-refractivity contribution is -0.0845. The van der Waals surface area contributed by atoms with Crippen LogP contribution in [0.25, 0.3) is 0 Å². The minimum atomic E-state index is 0.378. The highest BCUT2D eigenvalue weighted by atomic mass is 16.5. The molecule has 2 aliphatic rings. The van der Waals surface area contributed by atoms with E-state index in [1.165, 1.54) is 19.3 Å². The third-order valence-electron chi connectivity index (χ3n) is 4.91. The molecular formula is C16H32N2O. The van der Waals surface area contributed by atoms with Crippen LogP contribution in [-0.4, -0.2) is 48.8 Å². The van der Waals surface area contributed by atoms with E-state index in [2.05, 4.69) is 44.8 Å². The topological polar surface area (TPSA) is 24.5 Å². The average Bonchev–Trinajstić information content (AvgIpc) is 2.34. The molecule has 0 amide bonds. The van der Waals surface area contributed by atoms with Crippen molar-refractivity contribution < 1.29 is 4.74 Å². The Kier molecular flexibility index (Phi) is 4.91. The third kappa shape index (κ3) is 3.71. The normalized spacial score (nSPS) is 40.3. The van der Waals surface area contributed by atoms with Gasteiger partial charge in [-0.2, -0.15) is 0 Å². The third-order valence-corrected chi connectivity index (χ3v) is 4.91. The quantitative estimate of drug-likeness (QED) is 0.851. The van der Waals surface area contributed by atoms with Gasteiger partial charge in [0, 0.05) is 24.7 Å². The van der Waals surface area contributed by atoms with Gasteiger partial charge in [-0.05, 0) is 45.1 Å². The molecular weight excluding hydrogens is 236 g/mol. The van der Waals surface area contributed by atoms with Crippen molar-refractivity contribution in [3.63, 3.8) is 0 Å². The summed E-state index contributed by atoms with van der Waals surface area (Å²) in [5, 5.41) is 3.72. The zero-order chi connectivity index (χ0) is 14.0. The van der Waals surface area contributed by atoms with Gasteiger partial charge in [0.2, 0.25) is 0 Å². The maximum atomic E-state index is 5.80. The fourth-order valence-electron chi connectivity index (χ4n) is 3.79. The Morgan fingerprint density at radius 3 is 2.74 bits per heavy atom. The Morgan fingerprint density at radius 2 is 2.05 bits per heavy atom. The molecule has 4 atom stereocenters. The highest BCUT2D eigenvalue weighted by Gasteiger charge is 2.40. The predicted octanol–water partition coefficient (Wildman–Crippen LogP) is 2.65. The first-order valence-corrected chi connectivity index (χ1v) is 8.03. The maximum Gasteiger partial charge on any atom is 0.0674 e. The summed E-state index contributed by atoms with van der Waals surface area (Å²) in [7, 11) is 0. The van der Waals surface area contributed by atoms with Crippen LogP contribution in [0.1, 0.15) is 53.9 Å². The largest absolute Gasteiger partial charge is 0.376 e. The van der Waals surface area contributed by atoms with E-state index in [9.17, 15) is 0 Å². The molecule has 0 radical (unpaired) electrons. The van der Waals surface area contributed by atoms with Crippen LogP contribution in [0.3, 0.4) is 0 Å². The van der Waals surface area contributed by atoms with Gasteiger partial charge in [-0.15, -0.1) is 0 Å². The second kappa shape index (κ2) is 6.11. The number of ether oxygens (including phenoxy) is 1. The van der Waals surface area contributed by atoms with Gasteiger partial charge in [-0.1, -0.05) is 20.8 Å². The van der Waals surface area contributed by atoms with Crippen LogP contribution in [0.2, 0.25) is 0 Å². The second-order valence-corrected chi connectivity index (χ2v) is 7.33. The number of nitrogens with zero attached hydrogens (tertiary/aromatic N) is 1. The van der Waals surface area contributed by atoms with E-state index in [4.69, 9.17) is 4.74 Å². The van der Waals surface area contributed by atoms with E-state index in [-0.39, 0.29) is 0 Å². The average molecular weight is 268 g/mol. The van der Waals surface area contributed by atoms with E-state index in [1.54, 1.807) is 0 Å². The van der Waals surface area contributed by atoms with Crippen molar-refractivity contribution in [1.29, 1.82) is 0 Å². The standard InChI is InChI=1S/C16H32N2O/c1-6-17-14-7-8-16(4,5)9-15(14)18-10-13(3)19-11-12(18)2/h12-15,17H,6-11H2,1-5H3. The van der Waals surface area contributed by atoms with Gasteiger partial charge < -0.3 is 10.1 Å². The van der Waals surface area contributed by atoms with E-state index >= 15 is 0 Å². The molecule has 1 aliphatic carbocycles. The first-order valence-electron chi connectivity index (χ1n) is 8.03. The molecule has 3 heteroatoms. The van der Waals surface area contributed by atoms with Crippen molar-refractivity contribution >= 4 is 0 Å². The highest BCUT2D eigenvalue weighted by molar-refractivity contribution is 4.96. The van der Waals surface area contributed by atoms with Crippen LogP contribution in [0, 0.1) is 5.41 Å². The Morgan fingerprint density at radius 1 is 1.32 bits per heavy atom. The molecule has 1 aliphatic heterocycles. The van der Waals surface area contributed by atoms with Gasteiger partial charge in [0.15, 0.2) is 0 Å². The molecule has 19 heavy (non-hydrogen) atoms. The SMILES string of the molecule is CCNC1CCC(C)(C)CC1N1CC(C)OCC1C. The molecule has 0 aromatic heterocycles. The number of morpholine rings is 1. The van der Waals surface area contributed by atoms with E-state index in [0.29, 0.717) is 29.6 Å². The lowest BCUT2D eigenvalue weighted by atomic mass is 9.72. The fourth-order valence-corrected chi connectivity index (χ4v) is 3.79. The molecule has 0 bridgehead atoms. The number of hydrogen-bond donors (Lipinski definition) is 1. The molecule has 2 rings (SSSR count). The Hall–Kier alpha value is -0.120. The molecule has 112 valence electrons. The molecule has 0 aromatic rings. The van der Waals surface area contributed by atoms with Gasteiger partial charge in [0.1, 0.15) is 0 Å². The molecule has 2 fully saturated rings. The van der Waals surface area contributed by atoms with Crippen molar-refractivity contribution in [2.45, 2.75) is 78.1 Å². The smallest absolute Gasteiger partial charge is 0.0674 e. The van der Waals surface area contributed by atoms with Crippen molar-refractivity contribution in [2.75, 3.05) is 19.7 Å². The summed E-state index contributed by atoms with van der Waals surface area (Å²) in [5.41, 5.74) is 0.484. The lowest BCUT2D eigenvalue weighted by Gasteiger charge is -2.50. The summed E-state index contributed by atoms with van der Waals surface area (Å²) in [6.45, 7) is 14.7. The minimum absolute atomic E-state index is 0.378. The Balaban J connectivity index is 2.11. The first kappa shape index (κ1) is 15.3. The Labute approximate surface area is 119 Å². The predicted molar refractivity (Wildman–Crippen MR) is 80.5 cm³/mol. The monoisotopic (exact) mass is 268 g/mol. The number of likely N-dealkylation sites (N-methyl/N-ethyl adjacent to an activating group) is 1. The van der Waals surface area contributed by atoms with Crippen LogP contribution >= 0.6 is 0 Å². The van der Waals surface area contributed by atoms with Crippen LogP contribution in [-0.2, 0) is 4.74 Å². The second-order valence-electron chi connectivity index (χ2n) is 7.33. The van der Waals surface area contributed by atoms with Crippen LogP contribution in [0.4, 0.5) is 0 Å². The van der Waals surface area contributed by atoms with Gasteiger partial charge in [0.05, 0.1) is 12.7 Å². The van der Waals surface area contributed by atoms with Gasteiger partial charge in [0.25, 0.3) is 0 Å². The van der Waals surface area contributed by atoms with E-state index in [1.807, 2.05) is 0 Å². The van der Waals surface area contributed by atoms with E-state index < -0.39 is 0 Å². The van der Waals surface area contributed by atoms with Crippen LogP contribution < -0.4 is 5.32 Å². The van der Waals surface area contributed by atoms with Crippen molar-refractivity contribution in [3.05, 3.63) is 0 Å².